The largest absolute Gasteiger partial charge is 0.303 e. The number of likely N-dealkylation sites (N-methyl/N-ethyl adjacent to an activating group) is 1. The van der Waals surface area contributed by atoms with Gasteiger partial charge in [-0.05, 0) is 24.7 Å². The van der Waals surface area contributed by atoms with E-state index in [0.717, 1.165) is 37.3 Å². The fraction of sp³-hybridized carbons (Fsp3) is 0.462. The molecule has 0 aliphatic heterocycles. The maximum absolute atomic E-state index is 4.39. The van der Waals surface area contributed by atoms with Gasteiger partial charge in [0.25, 0.3) is 0 Å². The summed E-state index contributed by atoms with van der Waals surface area (Å²) in [5.74, 6) is 0. The van der Waals surface area contributed by atoms with E-state index in [4.69, 9.17) is 0 Å². The van der Waals surface area contributed by atoms with Crippen molar-refractivity contribution in [3.05, 3.63) is 36.2 Å². The average molecular weight is 204 g/mol. The second-order valence-corrected chi connectivity index (χ2v) is 3.56. The molecule has 0 fully saturated rings. The van der Waals surface area contributed by atoms with Crippen molar-refractivity contribution in [3.8, 4) is 0 Å². The number of nitrogens with zero attached hydrogens (tertiary/aromatic N) is 2. The van der Waals surface area contributed by atoms with Gasteiger partial charge >= 0.3 is 0 Å². The van der Waals surface area contributed by atoms with E-state index < -0.39 is 0 Å². The first-order chi connectivity index (χ1) is 7.30. The summed E-state index contributed by atoms with van der Waals surface area (Å²) < 4.78 is 0. The van der Waals surface area contributed by atoms with Gasteiger partial charge in [0.1, 0.15) is 0 Å². The molecule has 2 nitrogen and oxygen atoms in total. The first kappa shape index (κ1) is 11.9. The molecule has 1 aromatic heterocycles. The molecule has 0 aliphatic carbocycles. The molecule has 0 bridgehead atoms. The van der Waals surface area contributed by atoms with Gasteiger partial charge in [-0.1, -0.05) is 32.6 Å². The Bertz CT molecular complexity index is 286. The van der Waals surface area contributed by atoms with E-state index in [1.165, 1.54) is 0 Å². The molecule has 0 spiro atoms. The normalized spacial score (nSPS) is 10.6. The average Bonchev–Trinajstić information content (AvgIpc) is 2.31. The van der Waals surface area contributed by atoms with Crippen molar-refractivity contribution in [1.82, 2.24) is 9.88 Å². The summed E-state index contributed by atoms with van der Waals surface area (Å²) in [6, 6.07) is 4.15. The van der Waals surface area contributed by atoms with Crippen molar-refractivity contribution in [2.45, 2.75) is 20.3 Å². The van der Waals surface area contributed by atoms with Gasteiger partial charge in [0.15, 0.2) is 0 Å². The SMILES string of the molecule is C=Cc1ccc(CCN(CC)CC)nc1. The Morgan fingerprint density at radius 2 is 2.07 bits per heavy atom. The number of aromatic nitrogens is 1. The molecule has 0 saturated heterocycles. The third-order valence-electron chi connectivity index (χ3n) is 2.66. The summed E-state index contributed by atoms with van der Waals surface area (Å²) in [7, 11) is 0. The van der Waals surface area contributed by atoms with Crippen LogP contribution in [0.25, 0.3) is 6.08 Å². The molecule has 0 unspecified atom stereocenters. The minimum atomic E-state index is 1.03. The van der Waals surface area contributed by atoms with Crippen molar-refractivity contribution in [1.29, 1.82) is 0 Å². The molecule has 0 N–H and O–H groups in total. The lowest BCUT2D eigenvalue weighted by Gasteiger charge is -2.17. The van der Waals surface area contributed by atoms with Crippen molar-refractivity contribution >= 4 is 6.08 Å². The molecule has 0 radical (unpaired) electrons. The molecule has 1 rings (SSSR count). The summed E-state index contributed by atoms with van der Waals surface area (Å²) in [5, 5.41) is 0. The topological polar surface area (TPSA) is 16.1 Å². The molecule has 1 heterocycles. The van der Waals surface area contributed by atoms with E-state index in [1.54, 1.807) is 0 Å². The first-order valence-corrected chi connectivity index (χ1v) is 5.59. The van der Waals surface area contributed by atoms with Crippen LogP contribution in [0.15, 0.2) is 24.9 Å². The highest BCUT2D eigenvalue weighted by Gasteiger charge is 2.00. The molecular formula is C13H20N2. The molecule has 0 atom stereocenters. The Morgan fingerprint density at radius 1 is 1.33 bits per heavy atom. The van der Waals surface area contributed by atoms with E-state index in [9.17, 15) is 0 Å². The monoisotopic (exact) mass is 204 g/mol. The highest BCUT2D eigenvalue weighted by Crippen LogP contribution is 2.03. The highest BCUT2D eigenvalue weighted by molar-refractivity contribution is 5.44. The van der Waals surface area contributed by atoms with Gasteiger partial charge in [0.2, 0.25) is 0 Å². The maximum atomic E-state index is 4.39. The quantitative estimate of drug-likeness (QED) is 0.708. The standard InChI is InChI=1S/C13H20N2/c1-4-12-7-8-13(14-11-12)9-10-15(5-2)6-3/h4,7-8,11H,1,5-6,9-10H2,2-3H3. The fourth-order valence-corrected chi connectivity index (χ4v) is 1.52. The van der Waals surface area contributed by atoms with Gasteiger partial charge in [-0.15, -0.1) is 0 Å². The molecule has 0 aromatic carbocycles. The second-order valence-electron chi connectivity index (χ2n) is 3.56. The van der Waals surface area contributed by atoms with Crippen LogP contribution in [0, 0.1) is 0 Å². The number of pyridine rings is 1. The van der Waals surface area contributed by atoms with Gasteiger partial charge < -0.3 is 4.90 Å². The first-order valence-electron chi connectivity index (χ1n) is 5.59. The van der Waals surface area contributed by atoms with Crippen LogP contribution >= 0.6 is 0 Å². The lowest BCUT2D eigenvalue weighted by molar-refractivity contribution is 0.307. The van der Waals surface area contributed by atoms with Crippen LogP contribution in [0.1, 0.15) is 25.1 Å². The van der Waals surface area contributed by atoms with E-state index in [2.05, 4.69) is 42.4 Å². The van der Waals surface area contributed by atoms with Crippen LogP contribution in [0.4, 0.5) is 0 Å². The van der Waals surface area contributed by atoms with Gasteiger partial charge in [-0.3, -0.25) is 4.98 Å². The van der Waals surface area contributed by atoms with Crippen LogP contribution in [-0.4, -0.2) is 29.5 Å². The van der Waals surface area contributed by atoms with Crippen LogP contribution in [0.5, 0.6) is 0 Å². The minimum Gasteiger partial charge on any atom is -0.303 e. The van der Waals surface area contributed by atoms with Crippen LogP contribution in [-0.2, 0) is 6.42 Å². The van der Waals surface area contributed by atoms with Gasteiger partial charge in [-0.25, -0.2) is 0 Å². The summed E-state index contributed by atoms with van der Waals surface area (Å²) >= 11 is 0. The molecule has 0 amide bonds. The fourth-order valence-electron chi connectivity index (χ4n) is 1.52. The zero-order valence-electron chi connectivity index (χ0n) is 9.74. The zero-order valence-corrected chi connectivity index (χ0v) is 9.74. The lowest BCUT2D eigenvalue weighted by atomic mass is 10.2. The summed E-state index contributed by atoms with van der Waals surface area (Å²) in [6.45, 7) is 11.4. The number of rotatable bonds is 6. The molecule has 15 heavy (non-hydrogen) atoms. The van der Waals surface area contributed by atoms with Crippen molar-refractivity contribution in [2.75, 3.05) is 19.6 Å². The van der Waals surface area contributed by atoms with Gasteiger partial charge in [0.05, 0.1) is 0 Å². The predicted molar refractivity (Wildman–Crippen MR) is 65.8 cm³/mol. The Labute approximate surface area is 92.6 Å². The van der Waals surface area contributed by atoms with Crippen molar-refractivity contribution in [2.24, 2.45) is 0 Å². The van der Waals surface area contributed by atoms with Gasteiger partial charge in [0, 0.05) is 24.9 Å². The molecule has 82 valence electrons. The van der Waals surface area contributed by atoms with E-state index >= 15 is 0 Å². The van der Waals surface area contributed by atoms with E-state index in [1.807, 2.05) is 12.3 Å². The Kier molecular flexibility index (Phi) is 5.05. The maximum Gasteiger partial charge on any atom is 0.0416 e. The lowest BCUT2D eigenvalue weighted by Crippen LogP contribution is -2.25. The van der Waals surface area contributed by atoms with Crippen molar-refractivity contribution in [3.63, 3.8) is 0 Å². The van der Waals surface area contributed by atoms with Gasteiger partial charge in [-0.2, -0.15) is 0 Å². The van der Waals surface area contributed by atoms with Crippen LogP contribution < -0.4 is 0 Å². The molecular weight excluding hydrogens is 184 g/mol. The Balaban J connectivity index is 2.46. The number of hydrogen-bond acceptors (Lipinski definition) is 2. The van der Waals surface area contributed by atoms with Crippen LogP contribution in [0.2, 0.25) is 0 Å². The molecule has 0 aliphatic rings. The Morgan fingerprint density at radius 3 is 2.53 bits per heavy atom. The number of hydrogen-bond donors (Lipinski definition) is 0. The predicted octanol–water partition coefficient (Wildman–Crippen LogP) is 2.61. The summed E-state index contributed by atoms with van der Waals surface area (Å²) in [5.41, 5.74) is 2.24. The second kappa shape index (κ2) is 6.36. The molecule has 0 saturated carbocycles. The van der Waals surface area contributed by atoms with E-state index in [0.29, 0.717) is 0 Å². The molecule has 1 aromatic rings. The van der Waals surface area contributed by atoms with E-state index in [-0.39, 0.29) is 0 Å². The third kappa shape index (κ3) is 3.84. The Hall–Kier alpha value is -1.15. The van der Waals surface area contributed by atoms with Crippen LogP contribution in [0.3, 0.4) is 0 Å². The smallest absolute Gasteiger partial charge is 0.0416 e. The summed E-state index contributed by atoms with van der Waals surface area (Å²) in [4.78, 5) is 6.80. The van der Waals surface area contributed by atoms with Crippen molar-refractivity contribution < 1.29 is 0 Å². The molecule has 2 heteroatoms. The summed E-state index contributed by atoms with van der Waals surface area (Å²) in [6.07, 6.45) is 4.73. The highest BCUT2D eigenvalue weighted by atomic mass is 15.1. The minimum absolute atomic E-state index is 1.03. The zero-order chi connectivity index (χ0) is 11.1. The third-order valence-corrected chi connectivity index (χ3v) is 2.66.